The van der Waals surface area contributed by atoms with E-state index in [1.165, 1.54) is 25.1 Å². The summed E-state index contributed by atoms with van der Waals surface area (Å²) in [5.41, 5.74) is 0. The van der Waals surface area contributed by atoms with Crippen LogP contribution in [0.25, 0.3) is 0 Å². The highest BCUT2D eigenvalue weighted by molar-refractivity contribution is 5.00. The van der Waals surface area contributed by atoms with Gasteiger partial charge in [0.05, 0.1) is 6.04 Å². The van der Waals surface area contributed by atoms with Gasteiger partial charge in [0.15, 0.2) is 0 Å². The van der Waals surface area contributed by atoms with E-state index in [1.54, 1.807) is 0 Å². The van der Waals surface area contributed by atoms with Gasteiger partial charge in [0.1, 0.15) is 5.82 Å². The average molecular weight is 179 g/mol. The summed E-state index contributed by atoms with van der Waals surface area (Å²) in [4.78, 5) is 4.41. The molecule has 0 aliphatic carbocycles. The van der Waals surface area contributed by atoms with Crippen molar-refractivity contribution in [1.29, 1.82) is 0 Å². The minimum atomic E-state index is 0.490. The molecular weight excluding hydrogens is 162 g/mol. The SMILES string of the molecule is CCn1ccnc1[C@@H]1CCCCN1. The van der Waals surface area contributed by atoms with E-state index < -0.39 is 0 Å². The Labute approximate surface area is 79.2 Å². The summed E-state index contributed by atoms with van der Waals surface area (Å²) < 4.78 is 2.23. The number of aromatic nitrogens is 2. The van der Waals surface area contributed by atoms with Crippen molar-refractivity contribution >= 4 is 0 Å². The fourth-order valence-electron chi connectivity index (χ4n) is 1.97. The van der Waals surface area contributed by atoms with E-state index in [1.807, 2.05) is 6.20 Å². The highest BCUT2D eigenvalue weighted by Crippen LogP contribution is 2.21. The molecule has 1 aliphatic heterocycles. The first-order chi connectivity index (χ1) is 6.42. The molecule has 0 bridgehead atoms. The van der Waals surface area contributed by atoms with Crippen molar-refractivity contribution in [3.8, 4) is 0 Å². The van der Waals surface area contributed by atoms with Crippen LogP contribution in [0.4, 0.5) is 0 Å². The summed E-state index contributed by atoms with van der Waals surface area (Å²) in [6.07, 6.45) is 7.83. The van der Waals surface area contributed by atoms with Crippen molar-refractivity contribution < 1.29 is 0 Å². The maximum absolute atomic E-state index is 4.41. The molecule has 1 N–H and O–H groups in total. The number of nitrogens with one attached hydrogen (secondary N) is 1. The Morgan fingerprint density at radius 2 is 2.54 bits per heavy atom. The first kappa shape index (κ1) is 8.75. The largest absolute Gasteiger partial charge is 0.334 e. The van der Waals surface area contributed by atoms with Crippen LogP contribution in [-0.2, 0) is 6.54 Å². The van der Waals surface area contributed by atoms with Gasteiger partial charge in [-0.05, 0) is 26.3 Å². The number of rotatable bonds is 2. The average Bonchev–Trinajstić information content (AvgIpc) is 2.67. The number of nitrogens with zero attached hydrogens (tertiary/aromatic N) is 2. The van der Waals surface area contributed by atoms with E-state index in [0.29, 0.717) is 6.04 Å². The lowest BCUT2D eigenvalue weighted by atomic mass is 10.0. The van der Waals surface area contributed by atoms with Crippen molar-refractivity contribution in [2.24, 2.45) is 0 Å². The first-order valence-corrected chi connectivity index (χ1v) is 5.16. The molecule has 1 aromatic heterocycles. The van der Waals surface area contributed by atoms with E-state index in [4.69, 9.17) is 0 Å². The van der Waals surface area contributed by atoms with Crippen LogP contribution in [0.5, 0.6) is 0 Å². The van der Waals surface area contributed by atoms with Gasteiger partial charge in [0.25, 0.3) is 0 Å². The normalized spacial score (nSPS) is 23.3. The van der Waals surface area contributed by atoms with Crippen LogP contribution in [-0.4, -0.2) is 16.1 Å². The Balaban J connectivity index is 2.13. The lowest BCUT2D eigenvalue weighted by Crippen LogP contribution is -2.29. The second kappa shape index (κ2) is 3.92. The first-order valence-electron chi connectivity index (χ1n) is 5.16. The van der Waals surface area contributed by atoms with Crippen LogP contribution in [0.3, 0.4) is 0 Å². The molecule has 1 saturated heterocycles. The molecule has 0 saturated carbocycles. The van der Waals surface area contributed by atoms with E-state index in [2.05, 4.69) is 28.0 Å². The molecule has 1 aliphatic rings. The molecule has 3 heteroatoms. The Morgan fingerprint density at radius 1 is 1.62 bits per heavy atom. The summed E-state index contributed by atoms with van der Waals surface area (Å²) in [6.45, 7) is 4.32. The highest BCUT2D eigenvalue weighted by atomic mass is 15.1. The van der Waals surface area contributed by atoms with Gasteiger partial charge in [-0.25, -0.2) is 4.98 Å². The minimum absolute atomic E-state index is 0.490. The molecule has 0 aromatic carbocycles. The molecule has 0 amide bonds. The van der Waals surface area contributed by atoms with Gasteiger partial charge < -0.3 is 9.88 Å². The fourth-order valence-corrected chi connectivity index (χ4v) is 1.97. The summed E-state index contributed by atoms with van der Waals surface area (Å²) in [6, 6.07) is 0.490. The molecule has 2 heterocycles. The van der Waals surface area contributed by atoms with Crippen LogP contribution in [0.2, 0.25) is 0 Å². The standard InChI is InChI=1S/C10H17N3/c1-2-13-8-7-12-10(13)9-5-3-4-6-11-9/h7-9,11H,2-6H2,1H3/t9-/m0/s1. The van der Waals surface area contributed by atoms with Crippen molar-refractivity contribution in [1.82, 2.24) is 14.9 Å². The highest BCUT2D eigenvalue weighted by Gasteiger charge is 2.18. The molecule has 1 aromatic rings. The molecule has 13 heavy (non-hydrogen) atoms. The van der Waals surface area contributed by atoms with Gasteiger partial charge in [-0.1, -0.05) is 6.42 Å². The fraction of sp³-hybridized carbons (Fsp3) is 0.700. The summed E-state index contributed by atoms with van der Waals surface area (Å²) in [5, 5.41) is 3.51. The lowest BCUT2D eigenvalue weighted by molar-refractivity contribution is 0.386. The maximum atomic E-state index is 4.41. The van der Waals surface area contributed by atoms with Crippen LogP contribution < -0.4 is 5.32 Å². The zero-order chi connectivity index (χ0) is 9.10. The van der Waals surface area contributed by atoms with Gasteiger partial charge in [-0.2, -0.15) is 0 Å². The van der Waals surface area contributed by atoms with Crippen LogP contribution in [0, 0.1) is 0 Å². The smallest absolute Gasteiger partial charge is 0.125 e. The van der Waals surface area contributed by atoms with Gasteiger partial charge in [0.2, 0.25) is 0 Å². The number of aryl methyl sites for hydroxylation is 1. The van der Waals surface area contributed by atoms with Crippen molar-refractivity contribution in [2.75, 3.05) is 6.54 Å². The Morgan fingerprint density at radius 3 is 3.23 bits per heavy atom. The van der Waals surface area contributed by atoms with E-state index in [9.17, 15) is 0 Å². The van der Waals surface area contributed by atoms with Gasteiger partial charge in [-0.15, -0.1) is 0 Å². The van der Waals surface area contributed by atoms with Crippen molar-refractivity contribution in [2.45, 2.75) is 38.8 Å². The zero-order valence-electron chi connectivity index (χ0n) is 8.16. The quantitative estimate of drug-likeness (QED) is 0.749. The molecule has 1 atom stereocenters. The predicted molar refractivity (Wildman–Crippen MR) is 52.5 cm³/mol. The topological polar surface area (TPSA) is 29.9 Å². The molecule has 3 nitrogen and oxygen atoms in total. The third-order valence-electron chi connectivity index (χ3n) is 2.71. The summed E-state index contributed by atoms with van der Waals surface area (Å²) in [7, 11) is 0. The molecule has 72 valence electrons. The van der Waals surface area contributed by atoms with E-state index in [0.717, 1.165) is 13.1 Å². The van der Waals surface area contributed by atoms with Crippen molar-refractivity contribution in [3.63, 3.8) is 0 Å². The number of imidazole rings is 1. The zero-order valence-corrected chi connectivity index (χ0v) is 8.16. The lowest BCUT2D eigenvalue weighted by Gasteiger charge is -2.23. The van der Waals surface area contributed by atoms with Gasteiger partial charge in [0, 0.05) is 18.9 Å². The Hall–Kier alpha value is -0.830. The predicted octanol–water partition coefficient (Wildman–Crippen LogP) is 1.72. The molecular formula is C10H17N3. The third-order valence-corrected chi connectivity index (χ3v) is 2.71. The minimum Gasteiger partial charge on any atom is -0.334 e. The second-order valence-corrected chi connectivity index (χ2v) is 3.57. The van der Waals surface area contributed by atoms with E-state index in [-0.39, 0.29) is 0 Å². The van der Waals surface area contributed by atoms with Crippen LogP contribution in [0.15, 0.2) is 12.4 Å². The maximum Gasteiger partial charge on any atom is 0.125 e. The monoisotopic (exact) mass is 179 g/mol. The Kier molecular flexibility index (Phi) is 2.64. The Bertz CT molecular complexity index is 261. The summed E-state index contributed by atoms with van der Waals surface area (Å²) in [5.74, 6) is 1.21. The molecule has 0 spiro atoms. The van der Waals surface area contributed by atoms with Crippen molar-refractivity contribution in [3.05, 3.63) is 18.2 Å². The number of hydrogen-bond donors (Lipinski definition) is 1. The van der Waals surface area contributed by atoms with Crippen LogP contribution >= 0.6 is 0 Å². The van der Waals surface area contributed by atoms with Gasteiger partial charge in [-0.3, -0.25) is 0 Å². The molecule has 0 radical (unpaired) electrons. The number of hydrogen-bond acceptors (Lipinski definition) is 2. The van der Waals surface area contributed by atoms with Gasteiger partial charge >= 0.3 is 0 Å². The number of piperidine rings is 1. The summed E-state index contributed by atoms with van der Waals surface area (Å²) >= 11 is 0. The molecule has 2 rings (SSSR count). The van der Waals surface area contributed by atoms with Crippen LogP contribution in [0.1, 0.15) is 38.1 Å². The second-order valence-electron chi connectivity index (χ2n) is 3.57. The third kappa shape index (κ3) is 1.75. The molecule has 1 fully saturated rings. The van der Waals surface area contributed by atoms with E-state index >= 15 is 0 Å². The molecule has 0 unspecified atom stereocenters.